The number of nitrogens with one attached hydrogen (secondary N) is 2. The Labute approximate surface area is 165 Å². The van der Waals surface area contributed by atoms with E-state index in [0.29, 0.717) is 6.42 Å². The summed E-state index contributed by atoms with van der Waals surface area (Å²) in [4.78, 5) is 51.3. The molecular weight excluding hydrogens is 360 g/mol. The second kappa shape index (κ2) is 8.00. The van der Waals surface area contributed by atoms with Crippen molar-refractivity contribution in [3.63, 3.8) is 0 Å². The zero-order chi connectivity index (χ0) is 21.2. The first-order chi connectivity index (χ1) is 13.0. The van der Waals surface area contributed by atoms with Crippen molar-refractivity contribution in [2.24, 2.45) is 0 Å². The number of carbonyl (C=O) groups excluding carboxylic acids is 4. The van der Waals surface area contributed by atoms with Gasteiger partial charge in [0.1, 0.15) is 12.1 Å². The van der Waals surface area contributed by atoms with Gasteiger partial charge in [-0.25, -0.2) is 4.79 Å². The van der Waals surface area contributed by atoms with Crippen LogP contribution in [0.3, 0.4) is 0 Å². The molecule has 2 rings (SSSR count). The van der Waals surface area contributed by atoms with Gasteiger partial charge in [-0.3, -0.25) is 19.3 Å². The molecule has 1 saturated heterocycles. The standard InChI is InChI=1S/C20H28N4O4/c1-7-20(5)18(27)24(19(28)22-20)11-16(26)23(6)10-15(25)21-17-13(3)8-12(2)9-14(17)4/h8-9H,7,10-11H2,1-6H3,(H,21,25)(H,22,28)/t20-/m0/s1. The minimum Gasteiger partial charge on any atom is -0.335 e. The molecule has 28 heavy (non-hydrogen) atoms. The molecule has 2 N–H and O–H groups in total. The third-order valence-corrected chi connectivity index (χ3v) is 5.09. The van der Waals surface area contributed by atoms with Crippen LogP contribution in [0.15, 0.2) is 12.1 Å². The van der Waals surface area contributed by atoms with Gasteiger partial charge in [0.25, 0.3) is 5.91 Å². The predicted molar refractivity (Wildman–Crippen MR) is 106 cm³/mol. The van der Waals surface area contributed by atoms with Gasteiger partial charge in [0.05, 0.1) is 6.54 Å². The zero-order valence-corrected chi connectivity index (χ0v) is 17.3. The van der Waals surface area contributed by atoms with E-state index in [-0.39, 0.29) is 12.5 Å². The van der Waals surface area contributed by atoms with Gasteiger partial charge in [-0.05, 0) is 45.2 Å². The van der Waals surface area contributed by atoms with E-state index in [1.165, 1.54) is 11.9 Å². The lowest BCUT2D eigenvalue weighted by molar-refractivity contribution is -0.139. The van der Waals surface area contributed by atoms with Crippen LogP contribution in [0.1, 0.15) is 37.0 Å². The molecule has 0 aromatic heterocycles. The monoisotopic (exact) mass is 388 g/mol. The number of carbonyl (C=O) groups is 4. The molecular formula is C20H28N4O4. The summed E-state index contributed by atoms with van der Waals surface area (Å²) in [6, 6.07) is 3.35. The molecule has 1 heterocycles. The maximum absolute atomic E-state index is 12.4. The van der Waals surface area contributed by atoms with E-state index >= 15 is 0 Å². The summed E-state index contributed by atoms with van der Waals surface area (Å²) in [7, 11) is 1.47. The second-order valence-electron chi connectivity index (χ2n) is 7.58. The summed E-state index contributed by atoms with van der Waals surface area (Å²) < 4.78 is 0. The molecule has 1 aliphatic heterocycles. The minimum atomic E-state index is -0.992. The highest BCUT2D eigenvalue weighted by Gasteiger charge is 2.47. The summed E-state index contributed by atoms with van der Waals surface area (Å²) >= 11 is 0. The van der Waals surface area contributed by atoms with Crippen LogP contribution in [0.2, 0.25) is 0 Å². The second-order valence-corrected chi connectivity index (χ2v) is 7.58. The summed E-state index contributed by atoms with van der Waals surface area (Å²) in [6.45, 7) is 8.64. The van der Waals surface area contributed by atoms with Crippen LogP contribution in [0, 0.1) is 20.8 Å². The number of anilines is 1. The maximum atomic E-state index is 12.4. The summed E-state index contributed by atoms with van der Waals surface area (Å²) in [5, 5.41) is 5.43. The van der Waals surface area contributed by atoms with Crippen LogP contribution >= 0.6 is 0 Å². The number of likely N-dealkylation sites (N-methyl/N-ethyl adjacent to an activating group) is 1. The van der Waals surface area contributed by atoms with Crippen molar-refractivity contribution in [2.75, 3.05) is 25.5 Å². The highest BCUT2D eigenvalue weighted by molar-refractivity contribution is 6.09. The van der Waals surface area contributed by atoms with E-state index in [4.69, 9.17) is 0 Å². The Morgan fingerprint density at radius 2 is 1.75 bits per heavy atom. The largest absolute Gasteiger partial charge is 0.335 e. The SMILES string of the molecule is CC[C@]1(C)NC(=O)N(CC(=O)N(C)CC(=O)Nc2c(C)cc(C)cc2C)C1=O. The fourth-order valence-electron chi connectivity index (χ4n) is 3.25. The normalized spacial score (nSPS) is 18.9. The molecule has 8 nitrogen and oxygen atoms in total. The Balaban J connectivity index is 1.98. The average Bonchev–Trinajstić information content (AvgIpc) is 2.81. The molecule has 152 valence electrons. The lowest BCUT2D eigenvalue weighted by Gasteiger charge is -2.22. The molecule has 1 aromatic rings. The Kier molecular flexibility index (Phi) is 6.11. The fourth-order valence-corrected chi connectivity index (χ4v) is 3.25. The first-order valence-electron chi connectivity index (χ1n) is 9.24. The highest BCUT2D eigenvalue weighted by Crippen LogP contribution is 2.22. The number of imide groups is 1. The number of urea groups is 1. The van der Waals surface area contributed by atoms with Crippen LogP contribution < -0.4 is 10.6 Å². The molecule has 0 saturated carbocycles. The third-order valence-electron chi connectivity index (χ3n) is 5.09. The van der Waals surface area contributed by atoms with E-state index in [9.17, 15) is 19.2 Å². The molecule has 5 amide bonds. The van der Waals surface area contributed by atoms with Crippen LogP contribution in [0.25, 0.3) is 0 Å². The Morgan fingerprint density at radius 3 is 2.25 bits per heavy atom. The zero-order valence-electron chi connectivity index (χ0n) is 17.3. The molecule has 0 bridgehead atoms. The quantitative estimate of drug-likeness (QED) is 0.725. The van der Waals surface area contributed by atoms with Gasteiger partial charge in [-0.15, -0.1) is 0 Å². The molecule has 0 aliphatic carbocycles. The van der Waals surface area contributed by atoms with E-state index < -0.39 is 29.9 Å². The number of benzene rings is 1. The van der Waals surface area contributed by atoms with E-state index in [1.807, 2.05) is 32.9 Å². The van der Waals surface area contributed by atoms with Crippen molar-refractivity contribution in [1.82, 2.24) is 15.1 Å². The number of hydrogen-bond acceptors (Lipinski definition) is 4. The number of rotatable bonds is 6. The molecule has 1 aromatic carbocycles. The Hall–Kier alpha value is -2.90. The van der Waals surface area contributed by atoms with E-state index in [0.717, 1.165) is 27.3 Å². The average molecular weight is 388 g/mol. The number of aryl methyl sites for hydroxylation is 3. The van der Waals surface area contributed by atoms with Crippen molar-refractivity contribution in [2.45, 2.75) is 46.6 Å². The lowest BCUT2D eigenvalue weighted by Crippen LogP contribution is -2.46. The molecule has 0 spiro atoms. The molecule has 0 unspecified atom stereocenters. The van der Waals surface area contributed by atoms with Gasteiger partial charge < -0.3 is 15.5 Å². The summed E-state index contributed by atoms with van der Waals surface area (Å²) in [5.41, 5.74) is 2.72. The van der Waals surface area contributed by atoms with Crippen molar-refractivity contribution < 1.29 is 19.2 Å². The Morgan fingerprint density at radius 1 is 1.18 bits per heavy atom. The highest BCUT2D eigenvalue weighted by atomic mass is 16.2. The van der Waals surface area contributed by atoms with Gasteiger partial charge in [0.2, 0.25) is 11.8 Å². The molecule has 8 heteroatoms. The molecule has 0 radical (unpaired) electrons. The van der Waals surface area contributed by atoms with Gasteiger partial charge in [0, 0.05) is 12.7 Å². The summed E-state index contributed by atoms with van der Waals surface area (Å²) in [6.07, 6.45) is 0.426. The smallest absolute Gasteiger partial charge is 0.325 e. The van der Waals surface area contributed by atoms with Crippen LogP contribution in [-0.2, 0) is 14.4 Å². The molecule has 1 atom stereocenters. The Bertz CT molecular complexity index is 812. The summed E-state index contributed by atoms with van der Waals surface area (Å²) in [5.74, 6) is -1.27. The van der Waals surface area contributed by atoms with Crippen molar-refractivity contribution >= 4 is 29.4 Å². The number of amides is 5. The van der Waals surface area contributed by atoms with Crippen LogP contribution in [0.5, 0.6) is 0 Å². The third kappa shape index (κ3) is 4.32. The first kappa shape index (κ1) is 21.4. The van der Waals surface area contributed by atoms with Gasteiger partial charge >= 0.3 is 6.03 Å². The first-order valence-corrected chi connectivity index (χ1v) is 9.24. The van der Waals surface area contributed by atoms with E-state index in [2.05, 4.69) is 10.6 Å². The van der Waals surface area contributed by atoms with Crippen molar-refractivity contribution in [1.29, 1.82) is 0 Å². The van der Waals surface area contributed by atoms with Crippen LogP contribution in [-0.4, -0.2) is 59.2 Å². The minimum absolute atomic E-state index is 0.180. The fraction of sp³-hybridized carbons (Fsp3) is 0.500. The lowest BCUT2D eigenvalue weighted by atomic mass is 9.99. The van der Waals surface area contributed by atoms with Crippen LogP contribution in [0.4, 0.5) is 10.5 Å². The molecule has 1 aliphatic rings. The molecule has 1 fully saturated rings. The maximum Gasteiger partial charge on any atom is 0.325 e. The van der Waals surface area contributed by atoms with E-state index in [1.54, 1.807) is 13.8 Å². The van der Waals surface area contributed by atoms with Gasteiger partial charge in [-0.1, -0.05) is 24.6 Å². The van der Waals surface area contributed by atoms with Crippen molar-refractivity contribution in [3.8, 4) is 0 Å². The van der Waals surface area contributed by atoms with Gasteiger partial charge in [-0.2, -0.15) is 0 Å². The number of nitrogens with zero attached hydrogens (tertiary/aromatic N) is 2. The predicted octanol–water partition coefficient (Wildman–Crippen LogP) is 1.73. The van der Waals surface area contributed by atoms with Gasteiger partial charge in [0.15, 0.2) is 0 Å². The van der Waals surface area contributed by atoms with Crippen molar-refractivity contribution in [3.05, 3.63) is 28.8 Å². The topological polar surface area (TPSA) is 98.8 Å². The number of hydrogen-bond donors (Lipinski definition) is 2.